The molecule has 0 bridgehead atoms. The van der Waals surface area contributed by atoms with Crippen LogP contribution in [0.25, 0.3) is 10.1 Å². The van der Waals surface area contributed by atoms with E-state index in [0.29, 0.717) is 17.8 Å². The number of amides is 1. The van der Waals surface area contributed by atoms with Gasteiger partial charge in [-0.05, 0) is 42.0 Å². The number of nitrogens with zero attached hydrogens (tertiary/aromatic N) is 1. The van der Waals surface area contributed by atoms with Crippen molar-refractivity contribution < 1.29 is 19.4 Å². The zero-order valence-corrected chi connectivity index (χ0v) is 14.9. The van der Waals surface area contributed by atoms with Gasteiger partial charge in [0.2, 0.25) is 0 Å². The highest BCUT2D eigenvalue weighted by atomic mass is 32.1. The van der Waals surface area contributed by atoms with Gasteiger partial charge in [-0.3, -0.25) is 9.59 Å². The monoisotopic (exact) mass is 347 g/mol. The predicted octanol–water partition coefficient (Wildman–Crippen LogP) is 3.48. The van der Waals surface area contributed by atoms with Crippen molar-refractivity contribution in [3.63, 3.8) is 0 Å². The Bertz CT molecular complexity index is 797. The van der Waals surface area contributed by atoms with E-state index < -0.39 is 11.4 Å². The van der Waals surface area contributed by atoms with Crippen molar-refractivity contribution in [1.29, 1.82) is 0 Å². The third-order valence-electron chi connectivity index (χ3n) is 5.06. The van der Waals surface area contributed by atoms with E-state index in [0.717, 1.165) is 15.8 Å². The highest BCUT2D eigenvalue weighted by Crippen LogP contribution is 2.39. The van der Waals surface area contributed by atoms with Crippen molar-refractivity contribution in [2.24, 2.45) is 11.3 Å². The predicted molar refractivity (Wildman–Crippen MR) is 93.8 cm³/mol. The fourth-order valence-electron chi connectivity index (χ4n) is 3.30. The molecule has 0 radical (unpaired) electrons. The van der Waals surface area contributed by atoms with E-state index in [-0.39, 0.29) is 18.4 Å². The van der Waals surface area contributed by atoms with Crippen LogP contribution in [0, 0.1) is 11.3 Å². The number of methoxy groups -OCH3 is 1. The van der Waals surface area contributed by atoms with Crippen molar-refractivity contribution in [2.75, 3.05) is 20.2 Å². The van der Waals surface area contributed by atoms with Gasteiger partial charge in [0.15, 0.2) is 0 Å². The molecule has 0 aliphatic carbocycles. The Morgan fingerprint density at radius 3 is 2.67 bits per heavy atom. The first-order chi connectivity index (χ1) is 11.4. The molecule has 1 atom stereocenters. The number of carbonyl (C=O) groups is 2. The van der Waals surface area contributed by atoms with E-state index in [9.17, 15) is 14.7 Å². The third kappa shape index (κ3) is 2.65. The lowest BCUT2D eigenvalue weighted by Gasteiger charge is -2.28. The Morgan fingerprint density at radius 2 is 2.08 bits per heavy atom. The molecule has 1 aromatic heterocycles. The number of aliphatic carboxylic acids is 1. The molecule has 6 heteroatoms. The zero-order valence-electron chi connectivity index (χ0n) is 14.0. The fourth-order valence-corrected chi connectivity index (χ4v) is 4.36. The molecule has 3 rings (SSSR count). The average molecular weight is 347 g/mol. The molecule has 2 heterocycles. The first-order valence-electron chi connectivity index (χ1n) is 7.97. The van der Waals surface area contributed by atoms with E-state index in [1.54, 1.807) is 12.0 Å². The topological polar surface area (TPSA) is 66.8 Å². The number of likely N-dealkylation sites (tertiary alicyclic amines) is 1. The molecule has 1 aliphatic rings. The summed E-state index contributed by atoms with van der Waals surface area (Å²) in [5, 5.41) is 10.6. The fraction of sp³-hybridized carbons (Fsp3) is 0.444. The zero-order chi connectivity index (χ0) is 17.5. The number of hydrogen-bond acceptors (Lipinski definition) is 4. The van der Waals surface area contributed by atoms with Crippen LogP contribution in [-0.4, -0.2) is 42.1 Å². The van der Waals surface area contributed by atoms with Crippen LogP contribution >= 0.6 is 11.3 Å². The quantitative estimate of drug-likeness (QED) is 0.919. The Balaban J connectivity index is 1.86. The minimum atomic E-state index is -0.838. The van der Waals surface area contributed by atoms with Gasteiger partial charge in [0.1, 0.15) is 5.75 Å². The van der Waals surface area contributed by atoms with Crippen molar-refractivity contribution in [1.82, 2.24) is 4.90 Å². The molecule has 1 N–H and O–H groups in total. The highest BCUT2D eigenvalue weighted by molar-refractivity contribution is 7.20. The maximum atomic E-state index is 12.8. The first-order valence-corrected chi connectivity index (χ1v) is 8.79. The lowest BCUT2D eigenvalue weighted by atomic mass is 9.76. The molecule has 1 aliphatic heterocycles. The number of carbonyl (C=O) groups excluding carboxylic acids is 1. The van der Waals surface area contributed by atoms with E-state index in [2.05, 4.69) is 0 Å². The van der Waals surface area contributed by atoms with Crippen molar-refractivity contribution in [2.45, 2.75) is 20.3 Å². The number of benzene rings is 1. The van der Waals surface area contributed by atoms with Crippen LogP contribution in [0.4, 0.5) is 0 Å². The number of rotatable bonds is 4. The molecule has 1 fully saturated rings. The third-order valence-corrected chi connectivity index (χ3v) is 6.14. The van der Waals surface area contributed by atoms with Gasteiger partial charge in [-0.25, -0.2) is 0 Å². The summed E-state index contributed by atoms with van der Waals surface area (Å²) in [6.07, 6.45) is 0.504. The van der Waals surface area contributed by atoms with Crippen molar-refractivity contribution >= 4 is 33.3 Å². The second kappa shape index (κ2) is 6.09. The van der Waals surface area contributed by atoms with Crippen LogP contribution in [0.5, 0.6) is 5.75 Å². The first kappa shape index (κ1) is 16.8. The number of carboxylic acid groups (broad SMARTS) is 1. The smallest absolute Gasteiger partial charge is 0.311 e. The van der Waals surface area contributed by atoms with Gasteiger partial charge in [-0.1, -0.05) is 13.8 Å². The molecule has 128 valence electrons. The minimum absolute atomic E-state index is 0.0144. The number of thiophene rings is 1. The van der Waals surface area contributed by atoms with Crippen molar-refractivity contribution in [3.8, 4) is 5.75 Å². The van der Waals surface area contributed by atoms with Crippen LogP contribution in [0.2, 0.25) is 0 Å². The van der Waals surface area contributed by atoms with Gasteiger partial charge in [-0.2, -0.15) is 0 Å². The van der Waals surface area contributed by atoms with Gasteiger partial charge >= 0.3 is 5.97 Å². The molecule has 1 unspecified atom stereocenters. The Labute approximate surface area is 144 Å². The van der Waals surface area contributed by atoms with Gasteiger partial charge in [0.25, 0.3) is 5.91 Å². The standard InChI is InChI=1S/C18H21NO4S/c1-11(2)18(17(21)22)6-7-19(10-18)16(20)15-8-12-4-5-13(23-3)9-14(12)24-15/h4-5,8-9,11H,6-7,10H2,1-3H3,(H,21,22). The van der Waals surface area contributed by atoms with Crippen molar-refractivity contribution in [3.05, 3.63) is 29.1 Å². The number of fused-ring (bicyclic) bond motifs is 1. The average Bonchev–Trinajstić information content (AvgIpc) is 3.18. The number of ether oxygens (including phenoxy) is 1. The molecular formula is C18H21NO4S. The van der Waals surface area contributed by atoms with Gasteiger partial charge in [-0.15, -0.1) is 11.3 Å². The molecule has 0 saturated carbocycles. The van der Waals surface area contributed by atoms with Crippen LogP contribution in [0.15, 0.2) is 24.3 Å². The second-order valence-electron chi connectivity index (χ2n) is 6.61. The summed E-state index contributed by atoms with van der Waals surface area (Å²) >= 11 is 1.42. The summed E-state index contributed by atoms with van der Waals surface area (Å²) in [6, 6.07) is 7.59. The largest absolute Gasteiger partial charge is 0.497 e. The molecule has 2 aromatic rings. The van der Waals surface area contributed by atoms with E-state index in [1.165, 1.54) is 11.3 Å². The number of carboxylic acids is 1. The second-order valence-corrected chi connectivity index (χ2v) is 7.69. The Kier molecular flexibility index (Phi) is 4.25. The highest BCUT2D eigenvalue weighted by Gasteiger charge is 2.48. The van der Waals surface area contributed by atoms with Crippen LogP contribution in [0.1, 0.15) is 29.9 Å². The van der Waals surface area contributed by atoms with Crippen LogP contribution in [-0.2, 0) is 4.79 Å². The summed E-state index contributed by atoms with van der Waals surface area (Å²) in [5.41, 5.74) is -0.838. The minimum Gasteiger partial charge on any atom is -0.497 e. The molecule has 5 nitrogen and oxygen atoms in total. The summed E-state index contributed by atoms with van der Waals surface area (Å²) in [5.74, 6) is -0.151. The van der Waals surface area contributed by atoms with E-state index in [4.69, 9.17) is 4.74 Å². The molecule has 24 heavy (non-hydrogen) atoms. The van der Waals surface area contributed by atoms with Crippen LogP contribution < -0.4 is 4.74 Å². The summed E-state index contributed by atoms with van der Waals surface area (Å²) in [7, 11) is 1.61. The maximum Gasteiger partial charge on any atom is 0.311 e. The van der Waals surface area contributed by atoms with Gasteiger partial charge < -0.3 is 14.7 Å². The lowest BCUT2D eigenvalue weighted by molar-refractivity contribution is -0.150. The normalized spacial score (nSPS) is 20.8. The van der Waals surface area contributed by atoms with Crippen LogP contribution in [0.3, 0.4) is 0 Å². The van der Waals surface area contributed by atoms with E-state index in [1.807, 2.05) is 38.1 Å². The SMILES string of the molecule is COc1ccc2cc(C(=O)N3CCC(C(=O)O)(C(C)C)C3)sc2c1. The molecule has 0 spiro atoms. The summed E-state index contributed by atoms with van der Waals surface area (Å²) in [4.78, 5) is 26.9. The maximum absolute atomic E-state index is 12.8. The Hall–Kier alpha value is -2.08. The van der Waals surface area contributed by atoms with Gasteiger partial charge in [0.05, 0.1) is 17.4 Å². The summed E-state index contributed by atoms with van der Waals surface area (Å²) < 4.78 is 6.21. The molecule has 1 saturated heterocycles. The summed E-state index contributed by atoms with van der Waals surface area (Å²) in [6.45, 7) is 4.58. The Morgan fingerprint density at radius 1 is 1.33 bits per heavy atom. The lowest BCUT2D eigenvalue weighted by Crippen LogP contribution is -2.40. The molecular weight excluding hydrogens is 326 g/mol. The molecule has 1 aromatic carbocycles. The molecule has 1 amide bonds. The number of hydrogen-bond donors (Lipinski definition) is 1. The van der Waals surface area contributed by atoms with Gasteiger partial charge in [0, 0.05) is 17.8 Å². The van der Waals surface area contributed by atoms with E-state index >= 15 is 0 Å².